The highest BCUT2D eigenvalue weighted by atomic mass is 32.1. The van der Waals surface area contributed by atoms with Crippen LogP contribution in [0.15, 0.2) is 23.6 Å². The van der Waals surface area contributed by atoms with E-state index in [0.29, 0.717) is 12.2 Å². The zero-order valence-electron chi connectivity index (χ0n) is 10.8. The molecule has 2 aromatic rings. The molecule has 1 N–H and O–H groups in total. The third-order valence-electron chi connectivity index (χ3n) is 3.19. The molecule has 4 nitrogen and oxygen atoms in total. The van der Waals surface area contributed by atoms with Crippen molar-refractivity contribution in [1.82, 2.24) is 4.98 Å². The summed E-state index contributed by atoms with van der Waals surface area (Å²) in [6, 6.07) is 5.49. The van der Waals surface area contributed by atoms with Crippen molar-refractivity contribution in [3.05, 3.63) is 39.8 Å². The van der Waals surface area contributed by atoms with Crippen LogP contribution in [-0.4, -0.2) is 17.2 Å². The van der Waals surface area contributed by atoms with Crippen LogP contribution >= 0.6 is 11.3 Å². The van der Waals surface area contributed by atoms with E-state index in [2.05, 4.69) is 4.98 Å². The van der Waals surface area contributed by atoms with Crippen molar-refractivity contribution >= 4 is 11.3 Å². The summed E-state index contributed by atoms with van der Waals surface area (Å²) >= 11 is 1.57. The molecule has 0 fully saturated rings. The Hall–Kier alpha value is -1.59. The first-order valence-electron chi connectivity index (χ1n) is 6.12. The number of methoxy groups -OCH3 is 1. The molecule has 0 aliphatic carbocycles. The first kappa shape index (κ1) is 12.4. The molecular weight excluding hydrogens is 262 g/mol. The van der Waals surface area contributed by atoms with Crippen LogP contribution in [0.3, 0.4) is 0 Å². The Labute approximate surface area is 115 Å². The van der Waals surface area contributed by atoms with Crippen LogP contribution in [0.5, 0.6) is 11.5 Å². The van der Waals surface area contributed by atoms with Crippen LogP contribution < -0.4 is 9.47 Å². The number of benzene rings is 1. The monoisotopic (exact) mass is 277 g/mol. The lowest BCUT2D eigenvalue weighted by Crippen LogP contribution is -2.19. The topological polar surface area (TPSA) is 51.6 Å². The fraction of sp³-hybridized carbons (Fsp3) is 0.357. The minimum absolute atomic E-state index is 0.172. The lowest BCUT2D eigenvalue weighted by Gasteiger charge is -2.28. The maximum absolute atomic E-state index is 10.3. The minimum atomic E-state index is -0.548. The van der Waals surface area contributed by atoms with Gasteiger partial charge in [-0.1, -0.05) is 0 Å². The predicted octanol–water partition coefficient (Wildman–Crippen LogP) is 3.02. The van der Waals surface area contributed by atoms with Gasteiger partial charge in [0.1, 0.15) is 16.5 Å². The Morgan fingerprint density at radius 1 is 1.47 bits per heavy atom. The number of aromatic nitrogens is 1. The third-order valence-corrected chi connectivity index (χ3v) is 4.25. The van der Waals surface area contributed by atoms with Gasteiger partial charge < -0.3 is 14.6 Å². The van der Waals surface area contributed by atoms with Crippen molar-refractivity contribution < 1.29 is 14.6 Å². The zero-order valence-corrected chi connectivity index (χ0v) is 11.6. The van der Waals surface area contributed by atoms with Crippen molar-refractivity contribution in [2.45, 2.75) is 25.6 Å². The van der Waals surface area contributed by atoms with Crippen LogP contribution in [0.2, 0.25) is 0 Å². The molecule has 0 saturated heterocycles. The lowest BCUT2D eigenvalue weighted by molar-refractivity contribution is 0.0653. The smallest absolute Gasteiger partial charge is 0.153 e. The highest BCUT2D eigenvalue weighted by molar-refractivity contribution is 7.09. The van der Waals surface area contributed by atoms with E-state index in [4.69, 9.17) is 9.47 Å². The predicted molar refractivity (Wildman–Crippen MR) is 72.8 cm³/mol. The van der Waals surface area contributed by atoms with E-state index in [0.717, 1.165) is 22.0 Å². The van der Waals surface area contributed by atoms with Crippen molar-refractivity contribution in [3.8, 4) is 11.5 Å². The van der Waals surface area contributed by atoms with Crippen molar-refractivity contribution in [3.63, 3.8) is 0 Å². The largest absolute Gasteiger partial charge is 0.497 e. The average Bonchev–Trinajstić information content (AvgIpc) is 2.85. The van der Waals surface area contributed by atoms with Crippen molar-refractivity contribution in [1.29, 1.82) is 0 Å². The normalized spacial score (nSPS) is 21.6. The number of hydrogen-bond acceptors (Lipinski definition) is 5. The lowest BCUT2D eigenvalue weighted by atomic mass is 9.99. The second kappa shape index (κ2) is 4.83. The summed E-state index contributed by atoms with van der Waals surface area (Å²) in [4.78, 5) is 4.43. The number of aliphatic hydroxyl groups is 1. The molecular formula is C14H15NO3S. The number of thiazole rings is 1. The summed E-state index contributed by atoms with van der Waals surface area (Å²) in [7, 11) is 1.61. The van der Waals surface area contributed by atoms with Gasteiger partial charge in [-0.05, 0) is 25.1 Å². The van der Waals surface area contributed by atoms with Crippen LogP contribution in [0.4, 0.5) is 0 Å². The van der Waals surface area contributed by atoms with Crippen molar-refractivity contribution in [2.75, 3.05) is 7.11 Å². The van der Waals surface area contributed by atoms with Gasteiger partial charge >= 0.3 is 0 Å². The number of aliphatic hydroxyl groups excluding tert-OH is 1. The average molecular weight is 277 g/mol. The molecule has 0 spiro atoms. The molecule has 2 heterocycles. The SMILES string of the molecule is COc1ccc2c(c1)C(O)CC(c1nc(C)cs1)O2. The molecule has 0 saturated carbocycles. The Bertz CT molecular complexity index is 596. The van der Waals surface area contributed by atoms with E-state index in [1.807, 2.05) is 30.5 Å². The molecule has 5 heteroatoms. The Kier molecular flexibility index (Phi) is 3.16. The summed E-state index contributed by atoms with van der Waals surface area (Å²) in [5, 5.41) is 13.2. The van der Waals surface area contributed by atoms with E-state index in [1.165, 1.54) is 0 Å². The third kappa shape index (κ3) is 2.31. The number of nitrogens with zero attached hydrogens (tertiary/aromatic N) is 1. The number of ether oxygens (including phenoxy) is 2. The second-order valence-electron chi connectivity index (χ2n) is 4.59. The Balaban J connectivity index is 1.92. The number of hydrogen-bond donors (Lipinski definition) is 1. The highest BCUT2D eigenvalue weighted by Gasteiger charge is 2.30. The van der Waals surface area contributed by atoms with Crippen LogP contribution in [0.25, 0.3) is 0 Å². The number of fused-ring (bicyclic) bond motifs is 1. The zero-order chi connectivity index (χ0) is 13.4. The molecule has 3 rings (SSSR count). The summed E-state index contributed by atoms with van der Waals surface area (Å²) in [5.74, 6) is 1.43. The van der Waals surface area contributed by atoms with Gasteiger partial charge in [-0.3, -0.25) is 0 Å². The maximum atomic E-state index is 10.3. The first-order chi connectivity index (χ1) is 9.17. The van der Waals surface area contributed by atoms with Crippen LogP contribution in [0, 0.1) is 6.92 Å². The molecule has 1 aliphatic rings. The molecule has 0 radical (unpaired) electrons. The molecule has 2 unspecified atom stereocenters. The molecule has 100 valence electrons. The number of aryl methyl sites for hydroxylation is 1. The van der Waals surface area contributed by atoms with E-state index < -0.39 is 6.10 Å². The van der Waals surface area contributed by atoms with Gasteiger partial charge in [0, 0.05) is 23.1 Å². The molecule has 1 aromatic heterocycles. The van der Waals surface area contributed by atoms with Crippen LogP contribution in [-0.2, 0) is 0 Å². The van der Waals surface area contributed by atoms with Crippen molar-refractivity contribution in [2.24, 2.45) is 0 Å². The van der Waals surface area contributed by atoms with E-state index in [9.17, 15) is 5.11 Å². The summed E-state index contributed by atoms with van der Waals surface area (Å²) in [6.45, 7) is 1.96. The molecule has 1 aliphatic heterocycles. The molecule has 1 aromatic carbocycles. The minimum Gasteiger partial charge on any atom is -0.497 e. The first-order valence-corrected chi connectivity index (χ1v) is 7.00. The highest BCUT2D eigenvalue weighted by Crippen LogP contribution is 2.42. The Morgan fingerprint density at radius 2 is 2.32 bits per heavy atom. The van der Waals surface area contributed by atoms with Gasteiger partial charge in [0.05, 0.1) is 13.2 Å². The van der Waals surface area contributed by atoms with Gasteiger partial charge in [-0.15, -0.1) is 11.3 Å². The molecule has 19 heavy (non-hydrogen) atoms. The van der Waals surface area contributed by atoms with Crippen LogP contribution in [0.1, 0.15) is 34.9 Å². The Morgan fingerprint density at radius 3 is 3.00 bits per heavy atom. The molecule has 0 bridgehead atoms. The summed E-state index contributed by atoms with van der Waals surface area (Å²) < 4.78 is 11.1. The number of rotatable bonds is 2. The van der Waals surface area contributed by atoms with Gasteiger partial charge in [0.2, 0.25) is 0 Å². The maximum Gasteiger partial charge on any atom is 0.153 e. The van der Waals surface area contributed by atoms with E-state index in [1.54, 1.807) is 18.4 Å². The van der Waals surface area contributed by atoms with Gasteiger partial charge in [-0.25, -0.2) is 4.98 Å². The summed E-state index contributed by atoms with van der Waals surface area (Å²) in [5.41, 5.74) is 1.77. The summed E-state index contributed by atoms with van der Waals surface area (Å²) in [6.07, 6.45) is -0.199. The van der Waals surface area contributed by atoms with E-state index in [-0.39, 0.29) is 6.10 Å². The second-order valence-corrected chi connectivity index (χ2v) is 5.48. The fourth-order valence-electron chi connectivity index (χ4n) is 2.22. The molecule has 2 atom stereocenters. The standard InChI is InChI=1S/C14H15NO3S/c1-8-7-19-14(15-8)13-6-11(16)10-5-9(17-2)3-4-12(10)18-13/h3-5,7,11,13,16H,6H2,1-2H3. The van der Waals surface area contributed by atoms with Gasteiger partial charge in [-0.2, -0.15) is 0 Å². The van der Waals surface area contributed by atoms with E-state index >= 15 is 0 Å². The van der Waals surface area contributed by atoms with Gasteiger partial charge in [0.25, 0.3) is 0 Å². The van der Waals surface area contributed by atoms with Gasteiger partial charge in [0.15, 0.2) is 6.10 Å². The fourth-order valence-corrected chi connectivity index (χ4v) is 3.06. The quantitative estimate of drug-likeness (QED) is 0.916. The molecule has 0 amide bonds.